The smallest absolute Gasteiger partial charge is 0.375 e. The average Bonchev–Trinajstić information content (AvgIpc) is 3.08. The summed E-state index contributed by atoms with van der Waals surface area (Å²) >= 11 is 0. The minimum absolute atomic E-state index is 0.177. The van der Waals surface area contributed by atoms with E-state index in [1.54, 1.807) is 13.8 Å². The number of ketones is 1. The van der Waals surface area contributed by atoms with Crippen LogP contribution in [0.25, 0.3) is 0 Å². The fourth-order valence-corrected chi connectivity index (χ4v) is 1.98. The van der Waals surface area contributed by atoms with Gasteiger partial charge in [-0.05, 0) is 31.7 Å². The molecule has 17 heavy (non-hydrogen) atoms. The molecule has 0 bridgehead atoms. The minimum atomic E-state index is -0.691. The van der Waals surface area contributed by atoms with Crippen LogP contribution >= 0.6 is 0 Å². The Balaban J connectivity index is 1.95. The van der Waals surface area contributed by atoms with Gasteiger partial charge in [-0.2, -0.15) is 0 Å². The van der Waals surface area contributed by atoms with E-state index in [0.717, 1.165) is 12.0 Å². The van der Waals surface area contributed by atoms with E-state index in [4.69, 9.17) is 4.74 Å². The summed E-state index contributed by atoms with van der Waals surface area (Å²) in [5.41, 5.74) is 1.13. The van der Waals surface area contributed by atoms with E-state index in [0.29, 0.717) is 0 Å². The monoisotopic (exact) mass is 232 g/mol. The highest BCUT2D eigenvalue weighted by Crippen LogP contribution is 2.48. The van der Waals surface area contributed by atoms with Gasteiger partial charge in [0.25, 0.3) is 0 Å². The molecule has 2 rings (SSSR count). The van der Waals surface area contributed by atoms with Gasteiger partial charge in [-0.1, -0.05) is 30.3 Å². The molecule has 0 amide bonds. The molecule has 3 nitrogen and oxygen atoms in total. The van der Waals surface area contributed by atoms with Gasteiger partial charge in [0.05, 0.1) is 6.10 Å². The lowest BCUT2D eigenvalue weighted by atomic mass is 10.1. The Morgan fingerprint density at radius 1 is 1.24 bits per heavy atom. The Bertz CT molecular complexity index is 422. The summed E-state index contributed by atoms with van der Waals surface area (Å²) < 4.78 is 4.91. The van der Waals surface area contributed by atoms with E-state index in [9.17, 15) is 9.59 Å². The van der Waals surface area contributed by atoms with Crippen LogP contribution < -0.4 is 0 Å². The van der Waals surface area contributed by atoms with Crippen molar-refractivity contribution >= 4 is 11.8 Å². The maximum atomic E-state index is 11.7. The van der Waals surface area contributed by atoms with Crippen LogP contribution in [0.2, 0.25) is 0 Å². The third kappa shape index (κ3) is 2.73. The molecule has 1 aromatic rings. The Morgan fingerprint density at radius 3 is 2.47 bits per heavy atom. The van der Waals surface area contributed by atoms with Crippen LogP contribution in [0, 0.1) is 5.92 Å². The van der Waals surface area contributed by atoms with Gasteiger partial charge in [0, 0.05) is 5.92 Å². The number of hydrogen-bond acceptors (Lipinski definition) is 3. The number of esters is 1. The van der Waals surface area contributed by atoms with Gasteiger partial charge in [0.1, 0.15) is 0 Å². The van der Waals surface area contributed by atoms with Crippen LogP contribution in [0.3, 0.4) is 0 Å². The molecule has 2 atom stereocenters. The standard InChI is InChI=1S/C14H16O3/c1-9(2)17-14(16)13(15)12-8-11(12)10-6-4-3-5-7-10/h3-7,9,11-12H,8H2,1-2H3/t11-,12?/m0/s1. The van der Waals surface area contributed by atoms with Crippen LogP contribution in [-0.4, -0.2) is 17.9 Å². The molecule has 0 radical (unpaired) electrons. The van der Waals surface area contributed by atoms with E-state index >= 15 is 0 Å². The molecule has 0 N–H and O–H groups in total. The van der Waals surface area contributed by atoms with Crippen LogP contribution in [-0.2, 0) is 14.3 Å². The quantitative estimate of drug-likeness (QED) is 0.591. The Labute approximate surface area is 101 Å². The van der Waals surface area contributed by atoms with Crippen molar-refractivity contribution in [2.45, 2.75) is 32.3 Å². The summed E-state index contributed by atoms with van der Waals surface area (Å²) in [6.45, 7) is 3.49. The second-order valence-electron chi connectivity index (χ2n) is 4.68. The summed E-state index contributed by atoms with van der Waals surface area (Å²) in [6, 6.07) is 9.82. The van der Waals surface area contributed by atoms with E-state index in [2.05, 4.69) is 0 Å². The van der Waals surface area contributed by atoms with Crippen molar-refractivity contribution in [1.82, 2.24) is 0 Å². The zero-order valence-corrected chi connectivity index (χ0v) is 10.1. The van der Waals surface area contributed by atoms with Crippen molar-refractivity contribution in [3.05, 3.63) is 35.9 Å². The number of benzene rings is 1. The SMILES string of the molecule is CC(C)OC(=O)C(=O)C1C[C@H]1c1ccccc1. The van der Waals surface area contributed by atoms with Crippen LogP contribution in [0.5, 0.6) is 0 Å². The number of Topliss-reactive ketones (excluding diaryl/α,β-unsaturated/α-hetero) is 1. The Hall–Kier alpha value is -1.64. The molecule has 1 unspecified atom stereocenters. The van der Waals surface area contributed by atoms with E-state index in [1.807, 2.05) is 30.3 Å². The van der Waals surface area contributed by atoms with Gasteiger partial charge < -0.3 is 4.74 Å². The van der Waals surface area contributed by atoms with E-state index in [-0.39, 0.29) is 23.7 Å². The van der Waals surface area contributed by atoms with Crippen LogP contribution in [0.4, 0.5) is 0 Å². The van der Waals surface area contributed by atoms with Crippen molar-refractivity contribution in [3.8, 4) is 0 Å². The normalized spacial score (nSPS) is 22.3. The predicted octanol–water partition coefficient (Wildman–Crippen LogP) is 2.31. The molecule has 1 aliphatic carbocycles. The zero-order chi connectivity index (χ0) is 12.4. The molecule has 0 heterocycles. The predicted molar refractivity (Wildman–Crippen MR) is 63.5 cm³/mol. The molecular formula is C14H16O3. The minimum Gasteiger partial charge on any atom is -0.457 e. The Morgan fingerprint density at radius 2 is 1.88 bits per heavy atom. The van der Waals surface area contributed by atoms with Gasteiger partial charge in [0.15, 0.2) is 0 Å². The van der Waals surface area contributed by atoms with E-state index < -0.39 is 5.97 Å². The van der Waals surface area contributed by atoms with Crippen molar-refractivity contribution in [2.75, 3.05) is 0 Å². The third-order valence-corrected chi connectivity index (χ3v) is 2.90. The summed E-state index contributed by atoms with van der Waals surface area (Å²) in [4.78, 5) is 23.2. The molecule has 1 saturated carbocycles. The lowest BCUT2D eigenvalue weighted by Gasteiger charge is -2.06. The number of hydrogen-bond donors (Lipinski definition) is 0. The first-order valence-electron chi connectivity index (χ1n) is 5.89. The third-order valence-electron chi connectivity index (χ3n) is 2.90. The summed E-state index contributed by atoms with van der Waals surface area (Å²) in [5, 5.41) is 0. The molecule has 3 heteroatoms. The average molecular weight is 232 g/mol. The van der Waals surface area contributed by atoms with Gasteiger partial charge >= 0.3 is 5.97 Å². The van der Waals surface area contributed by atoms with Crippen molar-refractivity contribution in [1.29, 1.82) is 0 Å². The van der Waals surface area contributed by atoms with E-state index in [1.165, 1.54) is 0 Å². The zero-order valence-electron chi connectivity index (χ0n) is 10.1. The first kappa shape index (κ1) is 11.8. The number of carbonyl (C=O) groups is 2. The summed E-state index contributed by atoms with van der Waals surface area (Å²) in [5.74, 6) is -1.05. The van der Waals surface area contributed by atoms with Crippen molar-refractivity contribution < 1.29 is 14.3 Å². The molecule has 0 saturated heterocycles. The van der Waals surface area contributed by atoms with Gasteiger partial charge in [-0.3, -0.25) is 4.79 Å². The molecular weight excluding hydrogens is 216 g/mol. The maximum absolute atomic E-state index is 11.7. The number of rotatable bonds is 4. The first-order valence-corrected chi connectivity index (χ1v) is 5.89. The number of ether oxygens (including phenoxy) is 1. The highest BCUT2D eigenvalue weighted by molar-refractivity contribution is 6.35. The summed E-state index contributed by atoms with van der Waals surface area (Å²) in [7, 11) is 0. The summed E-state index contributed by atoms with van der Waals surface area (Å²) in [6.07, 6.45) is 0.524. The lowest BCUT2D eigenvalue weighted by molar-refractivity contribution is -0.157. The molecule has 0 spiro atoms. The van der Waals surface area contributed by atoms with Crippen LogP contribution in [0.15, 0.2) is 30.3 Å². The lowest BCUT2D eigenvalue weighted by Crippen LogP contribution is -2.22. The van der Waals surface area contributed by atoms with Gasteiger partial charge in [-0.15, -0.1) is 0 Å². The molecule has 0 aromatic heterocycles. The first-order chi connectivity index (χ1) is 8.09. The molecule has 1 fully saturated rings. The largest absolute Gasteiger partial charge is 0.457 e. The van der Waals surface area contributed by atoms with Gasteiger partial charge in [0.2, 0.25) is 5.78 Å². The molecule has 90 valence electrons. The topological polar surface area (TPSA) is 43.4 Å². The molecule has 1 aromatic carbocycles. The number of carbonyl (C=O) groups excluding carboxylic acids is 2. The van der Waals surface area contributed by atoms with Crippen molar-refractivity contribution in [2.24, 2.45) is 5.92 Å². The fourth-order valence-electron chi connectivity index (χ4n) is 1.98. The molecule has 0 aliphatic heterocycles. The van der Waals surface area contributed by atoms with Crippen LogP contribution in [0.1, 0.15) is 31.7 Å². The maximum Gasteiger partial charge on any atom is 0.375 e. The second kappa shape index (κ2) is 4.70. The Kier molecular flexibility index (Phi) is 3.27. The fraction of sp³-hybridized carbons (Fsp3) is 0.429. The molecule has 1 aliphatic rings. The second-order valence-corrected chi connectivity index (χ2v) is 4.68. The highest BCUT2D eigenvalue weighted by atomic mass is 16.5. The van der Waals surface area contributed by atoms with Gasteiger partial charge in [-0.25, -0.2) is 4.79 Å². The highest BCUT2D eigenvalue weighted by Gasteiger charge is 2.46. The van der Waals surface area contributed by atoms with Crippen molar-refractivity contribution in [3.63, 3.8) is 0 Å².